The van der Waals surface area contributed by atoms with Gasteiger partial charge in [0.15, 0.2) is 6.79 Å². The summed E-state index contributed by atoms with van der Waals surface area (Å²) < 4.78 is 14.6. The van der Waals surface area contributed by atoms with Gasteiger partial charge in [0.25, 0.3) is 0 Å². The van der Waals surface area contributed by atoms with E-state index in [1.54, 1.807) is 19.2 Å². The Bertz CT molecular complexity index is 350. The number of ether oxygens (including phenoxy) is 3. The molecule has 2 N–H and O–H groups in total. The summed E-state index contributed by atoms with van der Waals surface area (Å²) in [5, 5.41) is 0. The van der Waals surface area contributed by atoms with Crippen LogP contribution in [0, 0.1) is 0 Å². The van der Waals surface area contributed by atoms with Crippen LogP contribution in [0.25, 0.3) is 0 Å². The van der Waals surface area contributed by atoms with Crippen molar-refractivity contribution in [1.82, 2.24) is 0 Å². The quantitative estimate of drug-likeness (QED) is 0.597. The lowest BCUT2D eigenvalue weighted by molar-refractivity contribution is -0.141. The summed E-state index contributed by atoms with van der Waals surface area (Å²) >= 11 is 0. The monoisotopic (exact) mass is 239 g/mol. The van der Waals surface area contributed by atoms with E-state index in [4.69, 9.17) is 15.2 Å². The summed E-state index contributed by atoms with van der Waals surface area (Å²) in [6.45, 7) is 0.202. The number of hydrogen-bond acceptors (Lipinski definition) is 5. The zero-order valence-corrected chi connectivity index (χ0v) is 10.0. The SMILES string of the molecule is COCOc1ccc([C@H](N)CC(=O)OC)cc1. The van der Waals surface area contributed by atoms with Gasteiger partial charge in [-0.05, 0) is 17.7 Å². The van der Waals surface area contributed by atoms with Gasteiger partial charge >= 0.3 is 5.97 Å². The maximum absolute atomic E-state index is 11.1. The van der Waals surface area contributed by atoms with Crippen molar-refractivity contribution in [3.8, 4) is 5.75 Å². The number of benzene rings is 1. The Morgan fingerprint density at radius 3 is 2.47 bits per heavy atom. The van der Waals surface area contributed by atoms with E-state index in [2.05, 4.69) is 4.74 Å². The summed E-state index contributed by atoms with van der Waals surface area (Å²) in [5.74, 6) is 0.373. The first kappa shape index (κ1) is 13.5. The van der Waals surface area contributed by atoms with Crippen molar-refractivity contribution in [1.29, 1.82) is 0 Å². The van der Waals surface area contributed by atoms with Crippen LogP contribution in [0.15, 0.2) is 24.3 Å². The lowest BCUT2D eigenvalue weighted by atomic mass is 10.0. The van der Waals surface area contributed by atoms with E-state index in [9.17, 15) is 4.79 Å². The van der Waals surface area contributed by atoms with Gasteiger partial charge in [-0.2, -0.15) is 0 Å². The predicted octanol–water partition coefficient (Wildman–Crippen LogP) is 1.23. The number of rotatable bonds is 6. The average Bonchev–Trinajstić information content (AvgIpc) is 2.36. The Kier molecular flexibility index (Phi) is 5.45. The molecule has 1 rings (SSSR count). The summed E-state index contributed by atoms with van der Waals surface area (Å²) in [4.78, 5) is 11.1. The number of methoxy groups -OCH3 is 2. The number of nitrogens with two attached hydrogens (primary N) is 1. The molecule has 0 heterocycles. The third-order valence-corrected chi connectivity index (χ3v) is 2.27. The number of hydrogen-bond donors (Lipinski definition) is 1. The van der Waals surface area contributed by atoms with E-state index in [0.29, 0.717) is 5.75 Å². The van der Waals surface area contributed by atoms with Crippen LogP contribution in [-0.4, -0.2) is 27.0 Å². The highest BCUT2D eigenvalue weighted by atomic mass is 16.7. The van der Waals surface area contributed by atoms with Gasteiger partial charge in [0.05, 0.1) is 13.5 Å². The topological polar surface area (TPSA) is 70.8 Å². The minimum absolute atomic E-state index is 0.161. The Labute approximate surface area is 100 Å². The Balaban J connectivity index is 2.57. The zero-order chi connectivity index (χ0) is 12.7. The molecule has 0 saturated carbocycles. The number of carbonyl (C=O) groups excluding carboxylic acids is 1. The Morgan fingerprint density at radius 2 is 1.94 bits per heavy atom. The first-order chi connectivity index (χ1) is 8.17. The summed E-state index contributed by atoms with van der Waals surface area (Å²) in [6, 6.07) is 6.84. The second-order valence-electron chi connectivity index (χ2n) is 3.51. The second kappa shape index (κ2) is 6.88. The molecule has 5 heteroatoms. The average molecular weight is 239 g/mol. The van der Waals surface area contributed by atoms with Crippen LogP contribution in [0.3, 0.4) is 0 Å². The number of carbonyl (C=O) groups is 1. The van der Waals surface area contributed by atoms with E-state index in [-0.39, 0.29) is 25.2 Å². The van der Waals surface area contributed by atoms with Gasteiger partial charge in [-0.15, -0.1) is 0 Å². The van der Waals surface area contributed by atoms with Crippen LogP contribution in [-0.2, 0) is 14.3 Å². The molecule has 0 aliphatic rings. The lowest BCUT2D eigenvalue weighted by Gasteiger charge is -2.11. The molecule has 94 valence electrons. The molecular formula is C12H17NO4. The Morgan fingerprint density at radius 1 is 1.29 bits per heavy atom. The molecule has 1 aromatic carbocycles. The molecule has 1 atom stereocenters. The minimum Gasteiger partial charge on any atom is -0.469 e. The first-order valence-electron chi connectivity index (χ1n) is 5.21. The van der Waals surface area contributed by atoms with E-state index < -0.39 is 0 Å². The van der Waals surface area contributed by atoms with E-state index in [1.165, 1.54) is 7.11 Å². The summed E-state index contributed by atoms with van der Waals surface area (Å²) in [6.07, 6.45) is 0.161. The summed E-state index contributed by atoms with van der Waals surface area (Å²) in [7, 11) is 2.90. The third kappa shape index (κ3) is 4.42. The first-order valence-corrected chi connectivity index (χ1v) is 5.21. The molecule has 1 aromatic rings. The minimum atomic E-state index is -0.362. The molecule has 0 amide bonds. The molecule has 0 aliphatic carbocycles. The van der Waals surface area contributed by atoms with Crippen LogP contribution in [0.2, 0.25) is 0 Å². The number of esters is 1. The third-order valence-electron chi connectivity index (χ3n) is 2.27. The largest absolute Gasteiger partial charge is 0.469 e. The van der Waals surface area contributed by atoms with Crippen LogP contribution in [0.4, 0.5) is 0 Å². The van der Waals surface area contributed by atoms with Crippen molar-refractivity contribution in [3.05, 3.63) is 29.8 Å². The fourth-order valence-corrected chi connectivity index (χ4v) is 1.32. The molecule has 0 aliphatic heterocycles. The normalized spacial score (nSPS) is 11.9. The second-order valence-corrected chi connectivity index (χ2v) is 3.51. The molecule has 0 spiro atoms. The van der Waals surface area contributed by atoms with Gasteiger partial charge < -0.3 is 19.9 Å². The van der Waals surface area contributed by atoms with Gasteiger partial charge in [0, 0.05) is 13.2 Å². The van der Waals surface area contributed by atoms with Crippen molar-refractivity contribution in [2.45, 2.75) is 12.5 Å². The van der Waals surface area contributed by atoms with Crippen molar-refractivity contribution >= 4 is 5.97 Å². The fourth-order valence-electron chi connectivity index (χ4n) is 1.32. The van der Waals surface area contributed by atoms with Crippen LogP contribution < -0.4 is 10.5 Å². The molecule has 0 saturated heterocycles. The van der Waals surface area contributed by atoms with Gasteiger partial charge in [0.1, 0.15) is 5.75 Å². The van der Waals surface area contributed by atoms with Crippen molar-refractivity contribution in [3.63, 3.8) is 0 Å². The van der Waals surface area contributed by atoms with Gasteiger partial charge in [-0.25, -0.2) is 0 Å². The highest BCUT2D eigenvalue weighted by molar-refractivity contribution is 5.70. The van der Waals surface area contributed by atoms with Crippen molar-refractivity contribution < 1.29 is 19.0 Å². The maximum atomic E-state index is 11.1. The summed E-state index contributed by atoms with van der Waals surface area (Å²) in [5.41, 5.74) is 6.72. The predicted molar refractivity (Wildman–Crippen MR) is 62.5 cm³/mol. The van der Waals surface area contributed by atoms with E-state index in [1.807, 2.05) is 12.1 Å². The smallest absolute Gasteiger partial charge is 0.307 e. The highest BCUT2D eigenvalue weighted by Gasteiger charge is 2.11. The van der Waals surface area contributed by atoms with E-state index >= 15 is 0 Å². The zero-order valence-electron chi connectivity index (χ0n) is 10.0. The fraction of sp³-hybridized carbons (Fsp3) is 0.417. The van der Waals surface area contributed by atoms with Crippen molar-refractivity contribution in [2.75, 3.05) is 21.0 Å². The molecular weight excluding hydrogens is 222 g/mol. The van der Waals surface area contributed by atoms with Crippen LogP contribution in [0.1, 0.15) is 18.0 Å². The van der Waals surface area contributed by atoms with Crippen LogP contribution >= 0.6 is 0 Å². The van der Waals surface area contributed by atoms with E-state index in [0.717, 1.165) is 5.56 Å². The van der Waals surface area contributed by atoms with Crippen LogP contribution in [0.5, 0.6) is 5.75 Å². The van der Waals surface area contributed by atoms with Gasteiger partial charge in [0.2, 0.25) is 0 Å². The molecule has 0 fully saturated rings. The van der Waals surface area contributed by atoms with Gasteiger partial charge in [-0.3, -0.25) is 4.79 Å². The molecule has 0 unspecified atom stereocenters. The molecule has 0 radical (unpaired) electrons. The molecule has 17 heavy (non-hydrogen) atoms. The highest BCUT2D eigenvalue weighted by Crippen LogP contribution is 2.18. The Hall–Kier alpha value is -1.59. The van der Waals surface area contributed by atoms with Crippen molar-refractivity contribution in [2.24, 2.45) is 5.73 Å². The van der Waals surface area contributed by atoms with Gasteiger partial charge in [-0.1, -0.05) is 12.1 Å². The lowest BCUT2D eigenvalue weighted by Crippen LogP contribution is -2.16. The maximum Gasteiger partial charge on any atom is 0.307 e. The molecule has 0 bridgehead atoms. The standard InChI is InChI=1S/C12H17NO4/c1-15-8-17-10-5-3-9(4-6-10)11(13)7-12(14)16-2/h3-6,11H,7-8,13H2,1-2H3/t11-/m1/s1. The molecule has 5 nitrogen and oxygen atoms in total. The molecule has 0 aromatic heterocycles.